The number of aromatic amines is 1. The highest BCUT2D eigenvalue weighted by atomic mass is 35.5. The maximum Gasteiger partial charge on any atom is 0.0507 e. The Morgan fingerprint density at radius 1 is 1.23 bits per heavy atom. The molecule has 0 amide bonds. The molecule has 1 fully saturated rings. The van der Waals surface area contributed by atoms with Crippen LogP contribution in [0, 0.1) is 5.92 Å². The molecule has 0 bridgehead atoms. The molecule has 1 aromatic carbocycles. The second kappa shape index (κ2) is 5.75. The number of nitrogens with one attached hydrogen (secondary N) is 1. The first kappa shape index (κ1) is 13.8. The zero-order valence-corrected chi connectivity index (χ0v) is 12.9. The Morgan fingerprint density at radius 3 is 2.86 bits per heavy atom. The van der Waals surface area contributed by atoms with Gasteiger partial charge in [0.2, 0.25) is 0 Å². The molecule has 22 heavy (non-hydrogen) atoms. The molecule has 4 rings (SSSR count). The monoisotopic (exact) mass is 312 g/mol. The first-order chi connectivity index (χ1) is 10.8. The minimum atomic E-state index is 0.575. The molecule has 0 aliphatic carbocycles. The Labute approximate surface area is 134 Å². The van der Waals surface area contributed by atoms with Gasteiger partial charge in [-0.25, -0.2) is 0 Å². The summed E-state index contributed by atoms with van der Waals surface area (Å²) in [5.74, 6) is 0.575. The van der Waals surface area contributed by atoms with E-state index in [1.54, 1.807) is 0 Å². The van der Waals surface area contributed by atoms with Crippen LogP contribution in [0.5, 0.6) is 0 Å². The predicted octanol–water partition coefficient (Wildman–Crippen LogP) is 4.46. The van der Waals surface area contributed by atoms with Gasteiger partial charge in [0.15, 0.2) is 0 Å². The summed E-state index contributed by atoms with van der Waals surface area (Å²) in [7, 11) is 0. The van der Waals surface area contributed by atoms with Crippen molar-refractivity contribution in [3.63, 3.8) is 0 Å². The van der Waals surface area contributed by atoms with Crippen LogP contribution in [0.3, 0.4) is 0 Å². The van der Waals surface area contributed by atoms with E-state index in [-0.39, 0.29) is 0 Å². The number of ether oxygens (including phenoxy) is 1. The highest BCUT2D eigenvalue weighted by Crippen LogP contribution is 2.32. The third-order valence-corrected chi connectivity index (χ3v) is 4.58. The maximum atomic E-state index is 6.00. The van der Waals surface area contributed by atoms with Crippen molar-refractivity contribution in [3.8, 4) is 11.1 Å². The van der Waals surface area contributed by atoms with Crippen LogP contribution in [0.15, 0.2) is 42.7 Å². The fraction of sp³-hybridized carbons (Fsp3) is 0.278. The van der Waals surface area contributed by atoms with Crippen LogP contribution < -0.4 is 0 Å². The minimum absolute atomic E-state index is 0.575. The van der Waals surface area contributed by atoms with Gasteiger partial charge in [0.25, 0.3) is 0 Å². The number of benzene rings is 1. The molecule has 1 saturated heterocycles. The van der Waals surface area contributed by atoms with Crippen molar-refractivity contribution in [2.45, 2.75) is 12.8 Å². The van der Waals surface area contributed by atoms with E-state index in [9.17, 15) is 0 Å². The Bertz CT molecular complexity index is 788. The van der Waals surface area contributed by atoms with Crippen LogP contribution in [0.4, 0.5) is 0 Å². The number of hydrogen-bond acceptors (Lipinski definition) is 2. The largest absolute Gasteiger partial charge is 0.381 e. The van der Waals surface area contributed by atoms with Gasteiger partial charge in [-0.2, -0.15) is 0 Å². The van der Waals surface area contributed by atoms with Crippen LogP contribution in [-0.2, 0) is 11.2 Å². The van der Waals surface area contributed by atoms with Gasteiger partial charge in [0.05, 0.1) is 5.69 Å². The lowest BCUT2D eigenvalue weighted by molar-refractivity contribution is 0.185. The SMILES string of the molecule is Clc1ccc(-c2c[nH]c3ccnc(CC4CCOC4)c23)cc1. The fourth-order valence-corrected chi connectivity index (χ4v) is 3.30. The van der Waals surface area contributed by atoms with E-state index in [0.29, 0.717) is 5.92 Å². The number of rotatable bonds is 3. The molecular weight excluding hydrogens is 296 g/mol. The molecule has 3 heterocycles. The summed E-state index contributed by atoms with van der Waals surface area (Å²) in [6.45, 7) is 1.72. The zero-order valence-electron chi connectivity index (χ0n) is 12.2. The third kappa shape index (κ3) is 2.51. The van der Waals surface area contributed by atoms with Gasteiger partial charge in [-0.15, -0.1) is 0 Å². The third-order valence-electron chi connectivity index (χ3n) is 4.33. The van der Waals surface area contributed by atoms with Crippen LogP contribution in [-0.4, -0.2) is 23.2 Å². The van der Waals surface area contributed by atoms with E-state index in [1.165, 1.54) is 10.9 Å². The van der Waals surface area contributed by atoms with Gasteiger partial charge in [0.1, 0.15) is 0 Å². The van der Waals surface area contributed by atoms with Crippen LogP contribution >= 0.6 is 11.6 Å². The normalized spacial score (nSPS) is 18.1. The van der Waals surface area contributed by atoms with E-state index in [2.05, 4.69) is 28.3 Å². The molecule has 112 valence electrons. The van der Waals surface area contributed by atoms with Gasteiger partial charge in [-0.05, 0) is 42.5 Å². The number of H-pyrrole nitrogens is 1. The van der Waals surface area contributed by atoms with Crippen molar-refractivity contribution < 1.29 is 4.74 Å². The molecule has 0 saturated carbocycles. The molecule has 4 heteroatoms. The smallest absolute Gasteiger partial charge is 0.0507 e. The Morgan fingerprint density at radius 2 is 2.09 bits per heavy atom. The molecule has 3 aromatic rings. The van der Waals surface area contributed by atoms with Gasteiger partial charge >= 0.3 is 0 Å². The second-order valence-corrected chi connectivity index (χ2v) is 6.26. The number of hydrogen-bond donors (Lipinski definition) is 1. The molecule has 1 aliphatic rings. The van der Waals surface area contributed by atoms with E-state index in [0.717, 1.165) is 47.9 Å². The lowest BCUT2D eigenvalue weighted by Crippen LogP contribution is -2.05. The quantitative estimate of drug-likeness (QED) is 0.775. The molecule has 1 unspecified atom stereocenters. The molecule has 0 spiro atoms. The number of aromatic nitrogens is 2. The highest BCUT2D eigenvalue weighted by molar-refractivity contribution is 6.30. The van der Waals surface area contributed by atoms with Crippen molar-refractivity contribution in [1.29, 1.82) is 0 Å². The minimum Gasteiger partial charge on any atom is -0.381 e. The van der Waals surface area contributed by atoms with Crippen LogP contribution in [0.1, 0.15) is 12.1 Å². The second-order valence-electron chi connectivity index (χ2n) is 5.82. The number of nitrogens with zero attached hydrogens (tertiary/aromatic N) is 1. The van der Waals surface area contributed by atoms with Crippen molar-refractivity contribution in [2.75, 3.05) is 13.2 Å². The van der Waals surface area contributed by atoms with Crippen molar-refractivity contribution in [3.05, 3.63) is 53.4 Å². The van der Waals surface area contributed by atoms with E-state index in [1.807, 2.05) is 24.4 Å². The first-order valence-corrected chi connectivity index (χ1v) is 7.98. The lowest BCUT2D eigenvalue weighted by atomic mass is 9.97. The summed E-state index contributed by atoms with van der Waals surface area (Å²) in [4.78, 5) is 8.01. The average Bonchev–Trinajstić information content (AvgIpc) is 3.18. The molecule has 1 N–H and O–H groups in total. The van der Waals surface area contributed by atoms with E-state index in [4.69, 9.17) is 16.3 Å². The van der Waals surface area contributed by atoms with E-state index < -0.39 is 0 Å². The standard InChI is InChI=1S/C18H17ClN2O/c19-14-3-1-13(2-4-14)15-10-21-16-5-7-20-17(18(15)16)9-12-6-8-22-11-12/h1-5,7,10,12,21H,6,8-9,11H2. The summed E-state index contributed by atoms with van der Waals surface area (Å²) in [5.41, 5.74) is 4.63. The molecular formula is C18H17ClN2O. The predicted molar refractivity (Wildman–Crippen MR) is 89.2 cm³/mol. The van der Waals surface area contributed by atoms with Gasteiger partial charge in [-0.3, -0.25) is 4.98 Å². The Balaban J connectivity index is 1.80. The first-order valence-electron chi connectivity index (χ1n) is 7.60. The van der Waals surface area contributed by atoms with Gasteiger partial charge in [0, 0.05) is 47.1 Å². The fourth-order valence-electron chi connectivity index (χ4n) is 3.18. The molecule has 0 radical (unpaired) electrons. The maximum absolute atomic E-state index is 6.00. The van der Waals surface area contributed by atoms with E-state index >= 15 is 0 Å². The summed E-state index contributed by atoms with van der Waals surface area (Å²) in [6.07, 6.45) is 6.04. The summed E-state index contributed by atoms with van der Waals surface area (Å²) >= 11 is 6.00. The number of halogens is 1. The molecule has 1 aliphatic heterocycles. The summed E-state index contributed by atoms with van der Waals surface area (Å²) < 4.78 is 5.50. The molecule has 2 aromatic heterocycles. The Hall–Kier alpha value is -1.84. The summed E-state index contributed by atoms with van der Waals surface area (Å²) in [5, 5.41) is 1.97. The highest BCUT2D eigenvalue weighted by Gasteiger charge is 2.19. The zero-order chi connectivity index (χ0) is 14.9. The Kier molecular flexibility index (Phi) is 3.60. The van der Waals surface area contributed by atoms with Gasteiger partial charge in [-0.1, -0.05) is 23.7 Å². The van der Waals surface area contributed by atoms with Crippen LogP contribution in [0.2, 0.25) is 5.02 Å². The van der Waals surface area contributed by atoms with Crippen molar-refractivity contribution in [1.82, 2.24) is 9.97 Å². The molecule has 1 atom stereocenters. The number of pyridine rings is 1. The average molecular weight is 313 g/mol. The van der Waals surface area contributed by atoms with Gasteiger partial charge < -0.3 is 9.72 Å². The van der Waals surface area contributed by atoms with Crippen molar-refractivity contribution in [2.24, 2.45) is 5.92 Å². The topological polar surface area (TPSA) is 37.9 Å². The lowest BCUT2D eigenvalue weighted by Gasteiger charge is -2.09. The molecule has 3 nitrogen and oxygen atoms in total. The summed E-state index contributed by atoms with van der Waals surface area (Å²) in [6, 6.07) is 10.00. The van der Waals surface area contributed by atoms with Crippen molar-refractivity contribution >= 4 is 22.5 Å². The number of fused-ring (bicyclic) bond motifs is 1. The van der Waals surface area contributed by atoms with Crippen LogP contribution in [0.25, 0.3) is 22.0 Å².